The molecular weight excluding hydrogens is 156 g/mol. The van der Waals surface area contributed by atoms with Crippen molar-refractivity contribution in [1.82, 2.24) is 0 Å². The largest absolute Gasteiger partial charge is 0.0991 e. The molecule has 0 atom stereocenters. The molecule has 0 heterocycles. The van der Waals surface area contributed by atoms with Crippen LogP contribution >= 0.6 is 0 Å². The van der Waals surface area contributed by atoms with Crippen LogP contribution in [0.4, 0.5) is 0 Å². The van der Waals surface area contributed by atoms with Crippen LogP contribution in [0.5, 0.6) is 0 Å². The molecule has 0 nitrogen and oxygen atoms in total. The molecule has 0 aromatic heterocycles. The zero-order valence-corrected chi connectivity index (χ0v) is 7.96. The standard InChI is InChI=1S/C13H14/c1-4-6-10-13-11(3)8-7-9-12(13)5-2/h4-10H,1-2H2,3H3/b10-6-. The van der Waals surface area contributed by atoms with Gasteiger partial charge in [0.05, 0.1) is 0 Å². The fourth-order valence-corrected chi connectivity index (χ4v) is 1.27. The van der Waals surface area contributed by atoms with Crippen molar-refractivity contribution in [3.8, 4) is 0 Å². The summed E-state index contributed by atoms with van der Waals surface area (Å²) in [5.41, 5.74) is 3.64. The first kappa shape index (κ1) is 9.53. The number of rotatable bonds is 3. The van der Waals surface area contributed by atoms with Gasteiger partial charge in [-0.3, -0.25) is 0 Å². The lowest BCUT2D eigenvalue weighted by atomic mass is 10.0. The van der Waals surface area contributed by atoms with Gasteiger partial charge < -0.3 is 0 Å². The molecule has 1 aromatic rings. The first-order valence-electron chi connectivity index (χ1n) is 4.30. The second kappa shape index (κ2) is 4.46. The van der Waals surface area contributed by atoms with Crippen molar-refractivity contribution < 1.29 is 0 Å². The molecule has 1 rings (SSSR count). The first-order valence-corrected chi connectivity index (χ1v) is 4.30. The van der Waals surface area contributed by atoms with E-state index in [2.05, 4.69) is 38.3 Å². The highest BCUT2D eigenvalue weighted by atomic mass is 14.0. The van der Waals surface area contributed by atoms with E-state index in [1.807, 2.05) is 18.2 Å². The molecule has 66 valence electrons. The third-order valence-electron chi connectivity index (χ3n) is 1.98. The maximum absolute atomic E-state index is 3.78. The maximum atomic E-state index is 3.78. The van der Waals surface area contributed by atoms with Crippen LogP contribution in [0.1, 0.15) is 16.7 Å². The lowest BCUT2D eigenvalue weighted by Gasteiger charge is -2.03. The summed E-state index contributed by atoms with van der Waals surface area (Å²) in [6, 6.07) is 6.19. The quantitative estimate of drug-likeness (QED) is 0.605. The summed E-state index contributed by atoms with van der Waals surface area (Å²) in [6.45, 7) is 9.52. The van der Waals surface area contributed by atoms with Crippen molar-refractivity contribution in [3.05, 3.63) is 60.2 Å². The molecule has 1 aromatic carbocycles. The van der Waals surface area contributed by atoms with E-state index in [4.69, 9.17) is 0 Å². The van der Waals surface area contributed by atoms with Crippen molar-refractivity contribution in [3.63, 3.8) is 0 Å². The Labute approximate surface area is 79.9 Å². The van der Waals surface area contributed by atoms with Gasteiger partial charge in [0, 0.05) is 0 Å². The van der Waals surface area contributed by atoms with Crippen LogP contribution in [-0.2, 0) is 0 Å². The summed E-state index contributed by atoms with van der Waals surface area (Å²) in [6.07, 6.45) is 7.64. The molecule has 0 spiro atoms. The smallest absolute Gasteiger partial charge is 0.0155 e. The molecule has 13 heavy (non-hydrogen) atoms. The van der Waals surface area contributed by atoms with E-state index in [1.165, 1.54) is 11.1 Å². The van der Waals surface area contributed by atoms with E-state index in [0.29, 0.717) is 0 Å². The maximum Gasteiger partial charge on any atom is -0.0155 e. The second-order valence-corrected chi connectivity index (χ2v) is 2.88. The van der Waals surface area contributed by atoms with Crippen molar-refractivity contribution in [2.45, 2.75) is 6.92 Å². The summed E-state index contributed by atoms with van der Waals surface area (Å²) in [5.74, 6) is 0. The molecule has 0 saturated heterocycles. The third-order valence-corrected chi connectivity index (χ3v) is 1.98. The second-order valence-electron chi connectivity index (χ2n) is 2.88. The van der Waals surface area contributed by atoms with Gasteiger partial charge in [0.15, 0.2) is 0 Å². The molecule has 0 heteroatoms. The predicted molar refractivity (Wildman–Crippen MR) is 60.5 cm³/mol. The highest BCUT2D eigenvalue weighted by Gasteiger charge is 1.97. The first-order chi connectivity index (χ1) is 6.29. The topological polar surface area (TPSA) is 0 Å². The summed E-state index contributed by atoms with van der Waals surface area (Å²) in [5, 5.41) is 0. The Balaban J connectivity index is 3.22. The normalized spacial score (nSPS) is 10.2. The van der Waals surface area contributed by atoms with Crippen LogP contribution in [0.3, 0.4) is 0 Å². The lowest BCUT2D eigenvalue weighted by molar-refractivity contribution is 1.43. The molecule has 0 amide bonds. The SMILES string of the molecule is C=C/C=C\c1c(C)cccc1C=C. The Morgan fingerprint density at radius 1 is 1.23 bits per heavy atom. The fraction of sp³-hybridized carbons (Fsp3) is 0.0769. The Morgan fingerprint density at radius 2 is 2.00 bits per heavy atom. The molecule has 0 saturated carbocycles. The Bertz CT molecular complexity index is 343. The Hall–Kier alpha value is -1.56. The van der Waals surface area contributed by atoms with Crippen LogP contribution < -0.4 is 0 Å². The molecular formula is C13H14. The van der Waals surface area contributed by atoms with Crippen molar-refractivity contribution in [2.75, 3.05) is 0 Å². The molecule has 0 aliphatic carbocycles. The number of hydrogen-bond acceptors (Lipinski definition) is 0. The summed E-state index contributed by atoms with van der Waals surface area (Å²) in [7, 11) is 0. The monoisotopic (exact) mass is 170 g/mol. The van der Waals surface area contributed by atoms with E-state index in [1.54, 1.807) is 6.08 Å². The predicted octanol–water partition coefficient (Wildman–Crippen LogP) is 3.84. The number of hydrogen-bond donors (Lipinski definition) is 0. The van der Waals surface area contributed by atoms with Crippen molar-refractivity contribution in [2.24, 2.45) is 0 Å². The van der Waals surface area contributed by atoms with Crippen molar-refractivity contribution >= 4 is 12.2 Å². The van der Waals surface area contributed by atoms with E-state index in [9.17, 15) is 0 Å². The van der Waals surface area contributed by atoms with Gasteiger partial charge in [-0.1, -0.05) is 55.7 Å². The number of benzene rings is 1. The molecule has 0 aliphatic rings. The fourth-order valence-electron chi connectivity index (χ4n) is 1.27. The molecule has 0 unspecified atom stereocenters. The highest BCUT2D eigenvalue weighted by Crippen LogP contribution is 2.16. The van der Waals surface area contributed by atoms with Gasteiger partial charge in [-0.15, -0.1) is 0 Å². The Morgan fingerprint density at radius 3 is 2.62 bits per heavy atom. The molecule has 0 bridgehead atoms. The number of aryl methyl sites for hydroxylation is 1. The van der Waals surface area contributed by atoms with Gasteiger partial charge in [0.1, 0.15) is 0 Å². The van der Waals surface area contributed by atoms with E-state index < -0.39 is 0 Å². The minimum absolute atomic E-state index is 1.16. The zero-order valence-electron chi connectivity index (χ0n) is 7.96. The Kier molecular flexibility index (Phi) is 3.27. The van der Waals surface area contributed by atoms with Crippen LogP contribution in [0, 0.1) is 6.92 Å². The zero-order chi connectivity index (χ0) is 9.68. The van der Waals surface area contributed by atoms with E-state index >= 15 is 0 Å². The van der Waals surface area contributed by atoms with Crippen LogP contribution in [-0.4, -0.2) is 0 Å². The van der Waals surface area contributed by atoms with Crippen LogP contribution in [0.25, 0.3) is 12.2 Å². The average Bonchev–Trinajstić information content (AvgIpc) is 2.15. The van der Waals surface area contributed by atoms with Gasteiger partial charge in [0.25, 0.3) is 0 Å². The summed E-state index contributed by atoms with van der Waals surface area (Å²) < 4.78 is 0. The van der Waals surface area contributed by atoms with E-state index in [0.717, 1.165) is 5.56 Å². The number of allylic oxidation sites excluding steroid dienone is 2. The average molecular weight is 170 g/mol. The summed E-state index contributed by atoms with van der Waals surface area (Å²) >= 11 is 0. The lowest BCUT2D eigenvalue weighted by Crippen LogP contribution is -1.84. The third kappa shape index (κ3) is 2.19. The van der Waals surface area contributed by atoms with Crippen molar-refractivity contribution in [1.29, 1.82) is 0 Å². The molecule has 0 N–H and O–H groups in total. The molecule has 0 aliphatic heterocycles. The van der Waals surface area contributed by atoms with E-state index in [-0.39, 0.29) is 0 Å². The van der Waals surface area contributed by atoms with Gasteiger partial charge >= 0.3 is 0 Å². The minimum atomic E-state index is 1.16. The highest BCUT2D eigenvalue weighted by molar-refractivity contribution is 5.67. The molecule has 0 radical (unpaired) electrons. The van der Waals surface area contributed by atoms with Gasteiger partial charge in [-0.2, -0.15) is 0 Å². The van der Waals surface area contributed by atoms with Gasteiger partial charge in [-0.05, 0) is 23.6 Å². The van der Waals surface area contributed by atoms with Crippen LogP contribution in [0.15, 0.2) is 43.5 Å². The minimum Gasteiger partial charge on any atom is -0.0991 e. The van der Waals surface area contributed by atoms with Gasteiger partial charge in [0.2, 0.25) is 0 Å². The van der Waals surface area contributed by atoms with Crippen LogP contribution in [0.2, 0.25) is 0 Å². The summed E-state index contributed by atoms with van der Waals surface area (Å²) in [4.78, 5) is 0. The molecule has 0 fully saturated rings. The van der Waals surface area contributed by atoms with Gasteiger partial charge in [-0.25, -0.2) is 0 Å².